The number of carbonyl (C=O) groups excluding carboxylic acids is 1. The second-order valence-electron chi connectivity index (χ2n) is 3.72. The van der Waals surface area contributed by atoms with Gasteiger partial charge < -0.3 is 19.7 Å². The molecule has 1 aromatic carbocycles. The van der Waals surface area contributed by atoms with Crippen molar-refractivity contribution in [1.29, 1.82) is 0 Å². The number of ether oxygens (including phenoxy) is 2. The fraction of sp³-hybridized carbons (Fsp3) is 0.364. The molecule has 7 heteroatoms. The molecule has 0 spiro atoms. The maximum Gasteiger partial charge on any atom is 0.254 e. The molecule has 0 unspecified atom stereocenters. The zero-order valence-electron chi connectivity index (χ0n) is 9.60. The Labute approximate surface area is 108 Å². The second kappa shape index (κ2) is 5.43. The number of hydrogen-bond donors (Lipinski definition) is 2. The van der Waals surface area contributed by atoms with Crippen molar-refractivity contribution in [2.24, 2.45) is 0 Å². The molecule has 6 nitrogen and oxygen atoms in total. The molecule has 1 aliphatic rings. The minimum Gasteiger partial charge on any atom is -0.490 e. The first-order valence-electron chi connectivity index (χ1n) is 5.27. The molecule has 2 rings (SSSR count). The van der Waals surface area contributed by atoms with Crippen molar-refractivity contribution >= 4 is 17.5 Å². The zero-order valence-corrected chi connectivity index (χ0v) is 10.4. The monoisotopic (exact) mass is 273 g/mol. The minimum absolute atomic E-state index is 0.0241. The molecule has 1 saturated heterocycles. The molecule has 1 heterocycles. The Morgan fingerprint density at radius 2 is 2.33 bits per heavy atom. The summed E-state index contributed by atoms with van der Waals surface area (Å²) in [6.45, 7) is 0.975. The molecule has 1 aromatic rings. The van der Waals surface area contributed by atoms with Gasteiger partial charge in [-0.25, -0.2) is 5.26 Å². The Balaban J connectivity index is 2.28. The lowest BCUT2D eigenvalue weighted by Gasteiger charge is -2.11. The Bertz CT molecular complexity index is 461. The highest BCUT2D eigenvalue weighted by Gasteiger charge is 2.25. The van der Waals surface area contributed by atoms with Crippen LogP contribution in [0.15, 0.2) is 12.1 Å². The molecular formula is C11H12ClNO5. The van der Waals surface area contributed by atoms with Crippen LogP contribution in [-0.4, -0.2) is 37.5 Å². The van der Waals surface area contributed by atoms with Gasteiger partial charge >= 0.3 is 0 Å². The van der Waals surface area contributed by atoms with Crippen molar-refractivity contribution < 1.29 is 24.4 Å². The predicted octanol–water partition coefficient (Wildman–Crippen LogP) is 1.33. The SMILES string of the molecule is CNC(=O)c1cc(Cl)c(OO)cc1OC[C@@H]1CO1. The van der Waals surface area contributed by atoms with Gasteiger partial charge in [0.05, 0.1) is 17.2 Å². The number of nitrogens with one attached hydrogen (secondary N) is 1. The van der Waals surface area contributed by atoms with E-state index in [2.05, 4.69) is 10.2 Å². The molecule has 0 saturated carbocycles. The summed E-state index contributed by atoms with van der Waals surface area (Å²) in [5.74, 6) is -0.0394. The molecular weight excluding hydrogens is 262 g/mol. The highest BCUT2D eigenvalue weighted by atomic mass is 35.5. The number of carbonyl (C=O) groups is 1. The third-order valence-corrected chi connectivity index (χ3v) is 2.73. The average Bonchev–Trinajstić information content (AvgIpc) is 3.20. The van der Waals surface area contributed by atoms with Gasteiger partial charge in [0.25, 0.3) is 5.91 Å². The van der Waals surface area contributed by atoms with E-state index >= 15 is 0 Å². The van der Waals surface area contributed by atoms with Gasteiger partial charge in [0.1, 0.15) is 18.5 Å². The lowest BCUT2D eigenvalue weighted by atomic mass is 10.1. The van der Waals surface area contributed by atoms with Crippen molar-refractivity contribution in [2.75, 3.05) is 20.3 Å². The van der Waals surface area contributed by atoms with Crippen LogP contribution in [0.5, 0.6) is 11.5 Å². The molecule has 1 fully saturated rings. The van der Waals surface area contributed by atoms with E-state index in [1.807, 2.05) is 0 Å². The Hall–Kier alpha value is -1.50. The number of amides is 1. The van der Waals surface area contributed by atoms with Gasteiger partial charge in [-0.15, -0.1) is 0 Å². The third-order valence-electron chi connectivity index (χ3n) is 2.43. The Kier molecular flexibility index (Phi) is 3.90. The summed E-state index contributed by atoms with van der Waals surface area (Å²) in [5.41, 5.74) is 0.268. The quantitative estimate of drug-likeness (QED) is 0.481. The summed E-state index contributed by atoms with van der Waals surface area (Å²) < 4.78 is 10.5. The summed E-state index contributed by atoms with van der Waals surface area (Å²) in [7, 11) is 1.50. The fourth-order valence-electron chi connectivity index (χ4n) is 1.38. The number of epoxide rings is 1. The highest BCUT2D eigenvalue weighted by molar-refractivity contribution is 6.32. The standard InChI is InChI=1S/C11H12ClNO5/c1-13-11(14)7-2-8(12)10(18-15)3-9(7)17-5-6-4-16-6/h2-3,6,15H,4-5H2,1H3,(H,13,14)/t6-/m0/s1. The Morgan fingerprint density at radius 1 is 1.61 bits per heavy atom. The zero-order chi connectivity index (χ0) is 13.1. The van der Waals surface area contributed by atoms with Crippen molar-refractivity contribution in [1.82, 2.24) is 5.32 Å². The van der Waals surface area contributed by atoms with Gasteiger partial charge in [0.2, 0.25) is 0 Å². The molecule has 1 aliphatic heterocycles. The lowest BCUT2D eigenvalue weighted by molar-refractivity contribution is -0.137. The third kappa shape index (κ3) is 2.84. The summed E-state index contributed by atoms with van der Waals surface area (Å²) in [6, 6.07) is 2.73. The van der Waals surface area contributed by atoms with Gasteiger partial charge in [-0.3, -0.25) is 4.79 Å². The largest absolute Gasteiger partial charge is 0.490 e. The van der Waals surface area contributed by atoms with Gasteiger partial charge in [-0.1, -0.05) is 11.6 Å². The van der Waals surface area contributed by atoms with Crippen molar-refractivity contribution in [3.63, 3.8) is 0 Å². The highest BCUT2D eigenvalue weighted by Crippen LogP contribution is 2.33. The van der Waals surface area contributed by atoms with Crippen LogP contribution in [0.3, 0.4) is 0 Å². The number of halogens is 1. The molecule has 0 radical (unpaired) electrons. The fourth-order valence-corrected chi connectivity index (χ4v) is 1.58. The van der Waals surface area contributed by atoms with Crippen LogP contribution >= 0.6 is 11.6 Å². The van der Waals surface area contributed by atoms with Crippen LogP contribution in [0.1, 0.15) is 10.4 Å². The van der Waals surface area contributed by atoms with E-state index in [9.17, 15) is 4.79 Å². The molecule has 1 amide bonds. The smallest absolute Gasteiger partial charge is 0.254 e. The maximum atomic E-state index is 11.7. The predicted molar refractivity (Wildman–Crippen MR) is 63.3 cm³/mol. The minimum atomic E-state index is -0.340. The Morgan fingerprint density at radius 3 is 2.89 bits per heavy atom. The first kappa shape index (κ1) is 12.9. The normalized spacial score (nSPS) is 17.2. The summed E-state index contributed by atoms with van der Waals surface area (Å²) in [6.07, 6.45) is 0.0525. The molecule has 98 valence electrons. The molecule has 0 aromatic heterocycles. The number of rotatable bonds is 5. The first-order valence-corrected chi connectivity index (χ1v) is 5.65. The van der Waals surface area contributed by atoms with E-state index in [1.165, 1.54) is 19.2 Å². The van der Waals surface area contributed by atoms with Crippen molar-refractivity contribution in [3.05, 3.63) is 22.7 Å². The molecule has 2 N–H and O–H groups in total. The van der Waals surface area contributed by atoms with E-state index in [0.717, 1.165) is 0 Å². The van der Waals surface area contributed by atoms with E-state index in [-0.39, 0.29) is 34.1 Å². The van der Waals surface area contributed by atoms with E-state index in [0.29, 0.717) is 13.2 Å². The topological polar surface area (TPSA) is 80.3 Å². The van der Waals surface area contributed by atoms with E-state index in [4.69, 9.17) is 26.3 Å². The summed E-state index contributed by atoms with van der Waals surface area (Å²) in [4.78, 5) is 15.8. The summed E-state index contributed by atoms with van der Waals surface area (Å²) in [5, 5.41) is 11.2. The second-order valence-corrected chi connectivity index (χ2v) is 4.12. The van der Waals surface area contributed by atoms with Gasteiger partial charge in [-0.05, 0) is 6.07 Å². The number of benzene rings is 1. The summed E-state index contributed by atoms with van der Waals surface area (Å²) >= 11 is 5.83. The van der Waals surface area contributed by atoms with Gasteiger partial charge in [0.15, 0.2) is 5.75 Å². The molecule has 1 atom stereocenters. The van der Waals surface area contributed by atoms with Crippen LogP contribution in [0.2, 0.25) is 5.02 Å². The van der Waals surface area contributed by atoms with Gasteiger partial charge in [-0.2, -0.15) is 0 Å². The lowest BCUT2D eigenvalue weighted by Crippen LogP contribution is -2.19. The first-order chi connectivity index (χ1) is 8.65. The molecule has 18 heavy (non-hydrogen) atoms. The van der Waals surface area contributed by atoms with E-state index in [1.54, 1.807) is 0 Å². The van der Waals surface area contributed by atoms with Crippen LogP contribution in [-0.2, 0) is 4.74 Å². The van der Waals surface area contributed by atoms with Crippen LogP contribution in [0, 0.1) is 0 Å². The average molecular weight is 274 g/mol. The molecule has 0 aliphatic carbocycles. The maximum absolute atomic E-state index is 11.7. The van der Waals surface area contributed by atoms with E-state index < -0.39 is 0 Å². The molecule has 0 bridgehead atoms. The van der Waals surface area contributed by atoms with Gasteiger partial charge in [0, 0.05) is 13.1 Å². The van der Waals surface area contributed by atoms with Crippen LogP contribution in [0.4, 0.5) is 0 Å². The van der Waals surface area contributed by atoms with Crippen molar-refractivity contribution in [2.45, 2.75) is 6.10 Å². The van der Waals surface area contributed by atoms with Crippen LogP contribution < -0.4 is 14.9 Å². The number of hydrogen-bond acceptors (Lipinski definition) is 5. The van der Waals surface area contributed by atoms with Crippen molar-refractivity contribution in [3.8, 4) is 11.5 Å². The van der Waals surface area contributed by atoms with Crippen LogP contribution in [0.25, 0.3) is 0 Å².